The highest BCUT2D eigenvalue weighted by Crippen LogP contribution is 2.14. The number of nitrogens with zero attached hydrogens (tertiary/aromatic N) is 3. The minimum absolute atomic E-state index is 0.0285. The van der Waals surface area contributed by atoms with Crippen molar-refractivity contribution >= 4 is 5.91 Å². The molecule has 2 heterocycles. The van der Waals surface area contributed by atoms with E-state index in [1.54, 1.807) is 24.6 Å². The van der Waals surface area contributed by atoms with Crippen LogP contribution < -0.4 is 11.0 Å². The Morgan fingerprint density at radius 2 is 2.17 bits per heavy atom. The van der Waals surface area contributed by atoms with Crippen LogP contribution in [0.25, 0.3) is 0 Å². The molecule has 1 aliphatic heterocycles. The lowest BCUT2D eigenvalue weighted by atomic mass is 10.1. The summed E-state index contributed by atoms with van der Waals surface area (Å²) in [4.78, 5) is 24.2. The fourth-order valence-corrected chi connectivity index (χ4v) is 2.90. The van der Waals surface area contributed by atoms with Gasteiger partial charge in [-0.3, -0.25) is 9.36 Å². The summed E-state index contributed by atoms with van der Waals surface area (Å²) in [5, 5.41) is 7.19. The molecule has 2 aromatic rings. The van der Waals surface area contributed by atoms with E-state index in [1.807, 2.05) is 0 Å². The minimum atomic E-state index is -0.322. The van der Waals surface area contributed by atoms with E-state index in [2.05, 4.69) is 10.4 Å². The van der Waals surface area contributed by atoms with Crippen LogP contribution in [0.3, 0.4) is 0 Å². The molecule has 0 fully saturated rings. The summed E-state index contributed by atoms with van der Waals surface area (Å²) in [6.45, 7) is 2.17. The smallest absolute Gasteiger partial charge is 0.345 e. The molecular formula is C16H19FN4O2. The van der Waals surface area contributed by atoms with E-state index < -0.39 is 0 Å². The monoisotopic (exact) mass is 318 g/mol. The van der Waals surface area contributed by atoms with E-state index in [0.717, 1.165) is 12.2 Å². The highest BCUT2D eigenvalue weighted by Gasteiger charge is 2.21. The number of halogens is 1. The lowest BCUT2D eigenvalue weighted by Crippen LogP contribution is -2.35. The molecule has 0 saturated heterocycles. The van der Waals surface area contributed by atoms with Crippen molar-refractivity contribution in [2.24, 2.45) is 7.05 Å². The van der Waals surface area contributed by atoms with Crippen LogP contribution in [-0.4, -0.2) is 26.3 Å². The third kappa shape index (κ3) is 3.04. The Kier molecular flexibility index (Phi) is 4.02. The molecule has 6 nitrogen and oxygen atoms in total. The number of carbonyl (C=O) groups excluding carboxylic acids is 1. The van der Waals surface area contributed by atoms with Crippen molar-refractivity contribution in [3.63, 3.8) is 0 Å². The second-order valence-electron chi connectivity index (χ2n) is 5.94. The lowest BCUT2D eigenvalue weighted by Gasteiger charge is -2.16. The van der Waals surface area contributed by atoms with Crippen molar-refractivity contribution in [3.05, 3.63) is 51.5 Å². The number of rotatable bonds is 2. The summed E-state index contributed by atoms with van der Waals surface area (Å²) >= 11 is 0. The van der Waals surface area contributed by atoms with Crippen LogP contribution in [0.15, 0.2) is 23.0 Å². The molecule has 1 atom stereocenters. The Morgan fingerprint density at radius 3 is 2.91 bits per heavy atom. The van der Waals surface area contributed by atoms with E-state index >= 15 is 0 Å². The Bertz CT molecular complexity index is 809. The van der Waals surface area contributed by atoms with Crippen LogP contribution in [0.5, 0.6) is 0 Å². The van der Waals surface area contributed by atoms with Crippen molar-refractivity contribution in [1.29, 1.82) is 0 Å². The van der Waals surface area contributed by atoms with Crippen LogP contribution in [0, 0.1) is 12.7 Å². The maximum absolute atomic E-state index is 13.3. The summed E-state index contributed by atoms with van der Waals surface area (Å²) in [5.41, 5.74) is 0.769. The van der Waals surface area contributed by atoms with Crippen molar-refractivity contribution < 1.29 is 9.18 Å². The van der Waals surface area contributed by atoms with Gasteiger partial charge in [0.15, 0.2) is 0 Å². The molecule has 0 aliphatic carbocycles. The molecule has 1 N–H and O–H groups in total. The van der Waals surface area contributed by atoms with Crippen LogP contribution in [-0.2, 0) is 20.0 Å². The van der Waals surface area contributed by atoms with Gasteiger partial charge in [0.2, 0.25) is 0 Å². The zero-order chi connectivity index (χ0) is 16.6. The van der Waals surface area contributed by atoms with Gasteiger partial charge in [-0.15, -0.1) is 0 Å². The first-order valence-electron chi connectivity index (χ1n) is 7.65. The topological polar surface area (TPSA) is 68.9 Å². The van der Waals surface area contributed by atoms with E-state index in [1.165, 1.54) is 16.8 Å². The number of aryl methyl sites for hydroxylation is 3. The summed E-state index contributed by atoms with van der Waals surface area (Å²) in [6, 6.07) is 4.30. The Balaban J connectivity index is 1.68. The summed E-state index contributed by atoms with van der Waals surface area (Å²) in [7, 11) is 1.64. The summed E-state index contributed by atoms with van der Waals surface area (Å²) < 4.78 is 16.3. The van der Waals surface area contributed by atoms with Gasteiger partial charge in [-0.2, -0.15) is 5.10 Å². The minimum Gasteiger partial charge on any atom is -0.349 e. The molecule has 0 saturated carbocycles. The van der Waals surface area contributed by atoms with Crippen LogP contribution >= 0.6 is 0 Å². The highest BCUT2D eigenvalue weighted by molar-refractivity contribution is 5.94. The van der Waals surface area contributed by atoms with Gasteiger partial charge in [-0.25, -0.2) is 13.9 Å². The zero-order valence-corrected chi connectivity index (χ0v) is 13.2. The predicted molar refractivity (Wildman–Crippen MR) is 82.8 cm³/mol. The maximum atomic E-state index is 13.3. The van der Waals surface area contributed by atoms with Crippen molar-refractivity contribution in [1.82, 2.24) is 19.7 Å². The van der Waals surface area contributed by atoms with E-state index in [4.69, 9.17) is 0 Å². The van der Waals surface area contributed by atoms with Gasteiger partial charge in [0.05, 0.1) is 0 Å². The molecule has 0 bridgehead atoms. The standard InChI is InChI=1S/C16H19FN4O2/c1-10-9-11(3-5-13(10)17)15(22)18-12-4-6-14-19-20(2)16(23)21(14)8-7-12/h3,5,9,12H,4,6-8H2,1-2H3,(H,18,22). The van der Waals surface area contributed by atoms with Gasteiger partial charge in [-0.1, -0.05) is 0 Å². The number of hydrogen-bond donors (Lipinski definition) is 1. The normalized spacial score (nSPS) is 17.4. The van der Waals surface area contributed by atoms with Gasteiger partial charge in [0.25, 0.3) is 5.91 Å². The summed E-state index contributed by atoms with van der Waals surface area (Å²) in [5.74, 6) is 0.217. The van der Waals surface area contributed by atoms with E-state index in [-0.39, 0.29) is 23.5 Å². The van der Waals surface area contributed by atoms with Gasteiger partial charge >= 0.3 is 5.69 Å². The zero-order valence-electron chi connectivity index (χ0n) is 13.2. The van der Waals surface area contributed by atoms with Crippen LogP contribution in [0.4, 0.5) is 4.39 Å². The predicted octanol–water partition coefficient (Wildman–Crippen LogP) is 1.16. The Labute approximate surface area is 132 Å². The quantitative estimate of drug-likeness (QED) is 0.903. The molecule has 1 aliphatic rings. The number of hydrogen-bond acceptors (Lipinski definition) is 3. The second kappa shape index (κ2) is 5.98. The Hall–Kier alpha value is -2.44. The van der Waals surface area contributed by atoms with Crippen LogP contribution in [0.1, 0.15) is 34.6 Å². The van der Waals surface area contributed by atoms with Crippen LogP contribution in [0.2, 0.25) is 0 Å². The third-order valence-corrected chi connectivity index (χ3v) is 4.26. The first-order chi connectivity index (χ1) is 11.0. The number of benzene rings is 1. The molecule has 3 rings (SSSR count). The number of amides is 1. The Morgan fingerprint density at radius 1 is 1.39 bits per heavy atom. The van der Waals surface area contributed by atoms with E-state index in [9.17, 15) is 14.0 Å². The summed E-state index contributed by atoms with van der Waals surface area (Å²) in [6.07, 6.45) is 2.04. The number of aromatic nitrogens is 3. The fourth-order valence-electron chi connectivity index (χ4n) is 2.90. The lowest BCUT2D eigenvalue weighted by molar-refractivity contribution is 0.0932. The molecule has 1 aromatic heterocycles. The molecule has 0 radical (unpaired) electrons. The fraction of sp³-hybridized carbons (Fsp3) is 0.438. The van der Waals surface area contributed by atoms with Crippen molar-refractivity contribution in [2.75, 3.05) is 0 Å². The average Bonchev–Trinajstić information content (AvgIpc) is 2.68. The van der Waals surface area contributed by atoms with Crippen molar-refractivity contribution in [2.45, 2.75) is 38.8 Å². The molecule has 0 spiro atoms. The molecule has 122 valence electrons. The molecule has 7 heteroatoms. The number of nitrogens with one attached hydrogen (secondary N) is 1. The van der Waals surface area contributed by atoms with Gasteiger partial charge in [0.1, 0.15) is 11.6 Å². The number of fused-ring (bicyclic) bond motifs is 1. The number of carbonyl (C=O) groups is 1. The molecule has 1 aromatic carbocycles. The first kappa shape index (κ1) is 15.5. The molecule has 1 amide bonds. The average molecular weight is 318 g/mol. The SMILES string of the molecule is Cc1cc(C(=O)NC2CCc3nn(C)c(=O)n3CC2)ccc1F. The van der Waals surface area contributed by atoms with Gasteiger partial charge in [-0.05, 0) is 43.5 Å². The maximum Gasteiger partial charge on any atom is 0.345 e. The highest BCUT2D eigenvalue weighted by atomic mass is 19.1. The molecular weight excluding hydrogens is 299 g/mol. The molecule has 1 unspecified atom stereocenters. The van der Waals surface area contributed by atoms with E-state index in [0.29, 0.717) is 30.5 Å². The molecule has 23 heavy (non-hydrogen) atoms. The van der Waals surface area contributed by atoms with Gasteiger partial charge in [0, 0.05) is 31.6 Å². The van der Waals surface area contributed by atoms with Crippen molar-refractivity contribution in [3.8, 4) is 0 Å². The largest absolute Gasteiger partial charge is 0.349 e. The first-order valence-corrected chi connectivity index (χ1v) is 7.65. The third-order valence-electron chi connectivity index (χ3n) is 4.26. The second-order valence-corrected chi connectivity index (χ2v) is 5.94. The van der Waals surface area contributed by atoms with Gasteiger partial charge < -0.3 is 5.32 Å².